The first-order chi connectivity index (χ1) is 15.8. The predicted octanol–water partition coefficient (Wildman–Crippen LogP) is 9.28. The highest BCUT2D eigenvalue weighted by atomic mass is 16.5. The van der Waals surface area contributed by atoms with Crippen LogP contribution in [0.15, 0.2) is 48.7 Å². The molecule has 0 spiro atoms. The minimum absolute atomic E-state index is 0.451. The molecule has 1 fully saturated rings. The molecular weight excluding hydrogens is 402 g/mol. The van der Waals surface area contributed by atoms with Crippen molar-refractivity contribution in [1.29, 1.82) is 0 Å². The van der Waals surface area contributed by atoms with Gasteiger partial charge in [-0.3, -0.25) is 4.98 Å². The van der Waals surface area contributed by atoms with Gasteiger partial charge in [-0.25, -0.2) is 0 Å². The number of aryl methyl sites for hydroxylation is 1. The van der Waals surface area contributed by atoms with Crippen LogP contribution < -0.4 is 4.74 Å². The fourth-order valence-electron chi connectivity index (χ4n) is 5.84. The van der Waals surface area contributed by atoms with E-state index in [-0.39, 0.29) is 0 Å². The summed E-state index contributed by atoms with van der Waals surface area (Å²) < 4.78 is 6.71. The second-order valence-electron chi connectivity index (χ2n) is 11.4. The summed E-state index contributed by atoms with van der Waals surface area (Å²) in [4.78, 5) is 4.91. The van der Waals surface area contributed by atoms with Crippen LogP contribution in [0, 0.1) is 12.3 Å². The summed E-state index contributed by atoms with van der Waals surface area (Å²) >= 11 is 0. The van der Waals surface area contributed by atoms with Crippen LogP contribution in [0.1, 0.15) is 81.9 Å². The van der Waals surface area contributed by atoms with Crippen LogP contribution in [-0.2, 0) is 0 Å². The zero-order chi connectivity index (χ0) is 22.9. The number of pyridine rings is 1. The first kappa shape index (κ1) is 20.7. The van der Waals surface area contributed by atoms with Gasteiger partial charge >= 0.3 is 0 Å². The molecule has 0 N–H and O–H groups in total. The summed E-state index contributed by atoms with van der Waals surface area (Å²) in [5.41, 5.74) is 6.68. The molecule has 1 aliphatic carbocycles. The zero-order valence-corrected chi connectivity index (χ0v) is 20.5. The van der Waals surface area contributed by atoms with Gasteiger partial charge in [0.05, 0.1) is 0 Å². The van der Waals surface area contributed by atoms with E-state index in [1.807, 2.05) is 6.20 Å². The third-order valence-corrected chi connectivity index (χ3v) is 7.99. The Balaban J connectivity index is 1.53. The van der Waals surface area contributed by atoms with Crippen LogP contribution in [0.2, 0.25) is 0 Å². The fraction of sp³-hybridized carbons (Fsp3) is 0.387. The molecule has 0 unspecified atom stereocenters. The quantitative estimate of drug-likeness (QED) is 0.275. The third-order valence-electron chi connectivity index (χ3n) is 7.99. The smallest absolute Gasteiger partial charge is 0.161 e. The summed E-state index contributed by atoms with van der Waals surface area (Å²) in [5.74, 6) is 2.98. The lowest BCUT2D eigenvalue weighted by atomic mass is 9.71. The van der Waals surface area contributed by atoms with E-state index in [1.165, 1.54) is 64.1 Å². The standard InChI is InChI=1S/C31H33NO/c1-18(2)23-14-24-12-19(3)13-26-28(24)27(16-23)33-30-25-15-21(6-7-22(25)17-32-29(26)30)20-8-10-31(4,5)11-9-20/h6-7,12-18,20H,8-11H2,1-5H3. The SMILES string of the molecule is Cc1cc2c3c(cc(C(C)C)cc3c1)Oc1c-2ncc2ccc(C3CCC(C)(C)CC3)cc12. The van der Waals surface area contributed by atoms with E-state index in [1.54, 1.807) is 0 Å². The molecule has 1 aromatic heterocycles. The molecule has 2 heterocycles. The number of hydrogen-bond donors (Lipinski definition) is 0. The molecule has 3 aromatic carbocycles. The lowest BCUT2D eigenvalue weighted by molar-refractivity contribution is 0.224. The first-order valence-electron chi connectivity index (χ1n) is 12.5. The Morgan fingerprint density at radius 2 is 1.76 bits per heavy atom. The summed E-state index contributed by atoms with van der Waals surface area (Å²) in [6.45, 7) is 11.5. The van der Waals surface area contributed by atoms with Crippen LogP contribution in [0.3, 0.4) is 0 Å². The maximum absolute atomic E-state index is 6.71. The molecule has 0 bridgehead atoms. The Morgan fingerprint density at radius 1 is 0.970 bits per heavy atom. The van der Waals surface area contributed by atoms with E-state index < -0.39 is 0 Å². The average Bonchev–Trinajstić information content (AvgIpc) is 2.78. The highest BCUT2D eigenvalue weighted by molar-refractivity contribution is 6.07. The molecule has 0 atom stereocenters. The van der Waals surface area contributed by atoms with Crippen molar-refractivity contribution in [3.8, 4) is 22.8 Å². The topological polar surface area (TPSA) is 22.1 Å². The average molecular weight is 436 g/mol. The molecule has 168 valence electrons. The van der Waals surface area contributed by atoms with Gasteiger partial charge in [0.2, 0.25) is 0 Å². The molecular formula is C31H33NO. The Hall–Kier alpha value is -2.87. The Morgan fingerprint density at radius 3 is 2.52 bits per heavy atom. The second kappa shape index (κ2) is 7.32. The van der Waals surface area contributed by atoms with Crippen molar-refractivity contribution in [3.63, 3.8) is 0 Å². The van der Waals surface area contributed by atoms with Gasteiger partial charge in [-0.1, -0.05) is 52.0 Å². The largest absolute Gasteiger partial charge is 0.454 e. The van der Waals surface area contributed by atoms with Gasteiger partial charge in [-0.2, -0.15) is 0 Å². The number of ether oxygens (including phenoxy) is 1. The second-order valence-corrected chi connectivity index (χ2v) is 11.4. The summed E-state index contributed by atoms with van der Waals surface area (Å²) in [7, 11) is 0. The lowest BCUT2D eigenvalue weighted by Gasteiger charge is -2.34. The lowest BCUT2D eigenvalue weighted by Crippen LogP contribution is -2.20. The van der Waals surface area contributed by atoms with Gasteiger partial charge in [-0.15, -0.1) is 0 Å². The molecule has 2 aliphatic rings. The molecule has 6 rings (SSSR count). The predicted molar refractivity (Wildman–Crippen MR) is 139 cm³/mol. The number of fused-ring (bicyclic) bond motifs is 4. The van der Waals surface area contributed by atoms with Gasteiger partial charge in [0.25, 0.3) is 0 Å². The molecule has 33 heavy (non-hydrogen) atoms. The monoisotopic (exact) mass is 435 g/mol. The van der Waals surface area contributed by atoms with Crippen molar-refractivity contribution in [1.82, 2.24) is 4.98 Å². The number of aromatic nitrogens is 1. The van der Waals surface area contributed by atoms with Crippen LogP contribution in [0.5, 0.6) is 11.5 Å². The molecule has 0 saturated heterocycles. The normalized spacial score (nSPS) is 17.4. The maximum Gasteiger partial charge on any atom is 0.161 e. The molecule has 0 amide bonds. The summed E-state index contributed by atoms with van der Waals surface area (Å²) in [6, 6.07) is 16.0. The molecule has 4 aromatic rings. The van der Waals surface area contributed by atoms with Crippen LogP contribution in [-0.4, -0.2) is 4.98 Å². The van der Waals surface area contributed by atoms with Gasteiger partial charge < -0.3 is 4.74 Å². The summed E-state index contributed by atoms with van der Waals surface area (Å²) in [6.07, 6.45) is 7.16. The number of benzene rings is 3. The molecule has 1 aliphatic heterocycles. The van der Waals surface area contributed by atoms with Crippen LogP contribution >= 0.6 is 0 Å². The van der Waals surface area contributed by atoms with Crippen molar-refractivity contribution < 1.29 is 4.74 Å². The van der Waals surface area contributed by atoms with Crippen molar-refractivity contribution in [2.24, 2.45) is 5.41 Å². The van der Waals surface area contributed by atoms with E-state index in [0.717, 1.165) is 22.6 Å². The fourth-order valence-corrected chi connectivity index (χ4v) is 5.84. The van der Waals surface area contributed by atoms with Crippen molar-refractivity contribution in [2.45, 2.75) is 72.1 Å². The minimum Gasteiger partial charge on any atom is -0.454 e. The van der Waals surface area contributed by atoms with E-state index in [2.05, 4.69) is 77.1 Å². The van der Waals surface area contributed by atoms with Crippen molar-refractivity contribution in [2.75, 3.05) is 0 Å². The molecule has 1 saturated carbocycles. The highest BCUT2D eigenvalue weighted by Crippen LogP contribution is 2.50. The summed E-state index contributed by atoms with van der Waals surface area (Å²) in [5, 5.41) is 4.78. The minimum atomic E-state index is 0.451. The zero-order valence-electron chi connectivity index (χ0n) is 20.5. The van der Waals surface area contributed by atoms with E-state index >= 15 is 0 Å². The van der Waals surface area contributed by atoms with E-state index in [4.69, 9.17) is 9.72 Å². The van der Waals surface area contributed by atoms with Gasteiger partial charge in [0, 0.05) is 27.9 Å². The number of hydrogen-bond acceptors (Lipinski definition) is 2. The highest BCUT2D eigenvalue weighted by Gasteiger charge is 2.29. The molecule has 2 heteroatoms. The van der Waals surface area contributed by atoms with Crippen molar-refractivity contribution >= 4 is 21.5 Å². The van der Waals surface area contributed by atoms with E-state index in [0.29, 0.717) is 17.3 Å². The van der Waals surface area contributed by atoms with Gasteiger partial charge in [0.15, 0.2) is 5.75 Å². The number of rotatable bonds is 2. The van der Waals surface area contributed by atoms with Gasteiger partial charge in [0.1, 0.15) is 11.4 Å². The third kappa shape index (κ3) is 3.42. The molecule has 2 nitrogen and oxygen atoms in total. The maximum atomic E-state index is 6.71. The Bertz CT molecular complexity index is 1400. The van der Waals surface area contributed by atoms with Crippen LogP contribution in [0.25, 0.3) is 32.8 Å². The van der Waals surface area contributed by atoms with E-state index in [9.17, 15) is 0 Å². The first-order valence-corrected chi connectivity index (χ1v) is 12.5. The Labute approximate surface area is 197 Å². The van der Waals surface area contributed by atoms with Crippen molar-refractivity contribution in [3.05, 3.63) is 65.4 Å². The van der Waals surface area contributed by atoms with Gasteiger partial charge in [-0.05, 0) is 90.1 Å². The number of nitrogens with zero attached hydrogens (tertiary/aromatic N) is 1. The molecule has 0 radical (unpaired) electrons. The van der Waals surface area contributed by atoms with Crippen LogP contribution in [0.4, 0.5) is 0 Å². The Kier molecular flexibility index (Phi) is 4.59.